The Morgan fingerprint density at radius 2 is 1.62 bits per heavy atom. The first kappa shape index (κ1) is 15.3. The van der Waals surface area contributed by atoms with Crippen LogP contribution in [-0.2, 0) is 24.2 Å². The normalized spacial score (nSPS) is 12.0. The number of nitrogens with one attached hydrogen (secondary N) is 1. The zero-order chi connectivity index (χ0) is 15.1. The van der Waals surface area contributed by atoms with Crippen LogP contribution >= 0.6 is 0 Å². The smallest absolute Gasteiger partial charge is 0.307 e. The van der Waals surface area contributed by atoms with Gasteiger partial charge in [-0.1, -0.05) is 54.6 Å². The lowest BCUT2D eigenvalue weighted by molar-refractivity contribution is -0.136. The monoisotopic (exact) mass is 283 g/mol. The first-order valence-electron chi connectivity index (χ1n) is 7.20. The highest BCUT2D eigenvalue weighted by molar-refractivity contribution is 5.70. The number of hydrogen-bond donors (Lipinski definition) is 2. The summed E-state index contributed by atoms with van der Waals surface area (Å²) >= 11 is 0. The Morgan fingerprint density at radius 1 is 1.00 bits per heavy atom. The van der Waals surface area contributed by atoms with Gasteiger partial charge in [-0.15, -0.1) is 0 Å². The Kier molecular flexibility index (Phi) is 5.52. The number of aliphatic carboxylic acids is 1. The van der Waals surface area contributed by atoms with Gasteiger partial charge in [0.1, 0.15) is 0 Å². The second-order valence-corrected chi connectivity index (χ2v) is 5.36. The third kappa shape index (κ3) is 5.40. The minimum atomic E-state index is -0.794. The van der Waals surface area contributed by atoms with E-state index in [1.807, 2.05) is 30.3 Å². The summed E-state index contributed by atoms with van der Waals surface area (Å²) in [5.41, 5.74) is 3.34. The Hall–Kier alpha value is -2.13. The molecule has 0 fully saturated rings. The molecule has 0 saturated carbocycles. The first-order chi connectivity index (χ1) is 10.1. The van der Waals surface area contributed by atoms with Crippen molar-refractivity contribution in [3.05, 3.63) is 71.3 Å². The first-order valence-corrected chi connectivity index (χ1v) is 7.20. The molecule has 0 aliphatic heterocycles. The molecule has 0 aliphatic carbocycles. The van der Waals surface area contributed by atoms with Crippen LogP contribution < -0.4 is 5.32 Å². The van der Waals surface area contributed by atoms with Gasteiger partial charge >= 0.3 is 5.97 Å². The van der Waals surface area contributed by atoms with E-state index in [1.54, 1.807) is 0 Å². The van der Waals surface area contributed by atoms with Crippen molar-refractivity contribution in [2.75, 3.05) is 0 Å². The van der Waals surface area contributed by atoms with Crippen LogP contribution in [0.25, 0.3) is 0 Å². The summed E-state index contributed by atoms with van der Waals surface area (Å²) in [4.78, 5) is 10.6. The van der Waals surface area contributed by atoms with Gasteiger partial charge in [-0.2, -0.15) is 0 Å². The van der Waals surface area contributed by atoms with Gasteiger partial charge in [-0.05, 0) is 30.0 Å². The zero-order valence-electron chi connectivity index (χ0n) is 12.3. The Morgan fingerprint density at radius 3 is 2.24 bits per heavy atom. The maximum Gasteiger partial charge on any atom is 0.307 e. The summed E-state index contributed by atoms with van der Waals surface area (Å²) in [6.07, 6.45) is 1.08. The molecule has 0 amide bonds. The van der Waals surface area contributed by atoms with E-state index < -0.39 is 5.97 Å². The summed E-state index contributed by atoms with van der Waals surface area (Å²) < 4.78 is 0. The molecule has 0 spiro atoms. The molecule has 1 unspecified atom stereocenters. The Balaban J connectivity index is 1.81. The van der Waals surface area contributed by atoms with Gasteiger partial charge in [0.2, 0.25) is 0 Å². The largest absolute Gasteiger partial charge is 0.481 e. The van der Waals surface area contributed by atoms with Crippen LogP contribution in [0.3, 0.4) is 0 Å². The fourth-order valence-corrected chi connectivity index (χ4v) is 2.28. The molecule has 0 aliphatic rings. The molecule has 3 nitrogen and oxygen atoms in total. The van der Waals surface area contributed by atoms with Gasteiger partial charge in [-0.3, -0.25) is 4.79 Å². The van der Waals surface area contributed by atoms with Crippen LogP contribution in [0, 0.1) is 0 Å². The van der Waals surface area contributed by atoms with Crippen molar-refractivity contribution >= 4 is 5.97 Å². The lowest BCUT2D eigenvalue weighted by Gasteiger charge is -2.14. The zero-order valence-corrected chi connectivity index (χ0v) is 12.3. The molecule has 3 heteroatoms. The Labute approximate surface area is 125 Å². The third-order valence-corrected chi connectivity index (χ3v) is 3.42. The molecule has 0 bridgehead atoms. The van der Waals surface area contributed by atoms with Crippen molar-refractivity contribution < 1.29 is 9.90 Å². The average molecular weight is 283 g/mol. The number of rotatable bonds is 7. The van der Waals surface area contributed by atoms with Gasteiger partial charge in [-0.25, -0.2) is 0 Å². The highest BCUT2D eigenvalue weighted by Gasteiger charge is 2.04. The summed E-state index contributed by atoms with van der Waals surface area (Å²) in [7, 11) is 0. The quantitative estimate of drug-likeness (QED) is 0.821. The number of carboxylic acid groups (broad SMARTS) is 1. The predicted molar refractivity (Wildman–Crippen MR) is 84.2 cm³/mol. The highest BCUT2D eigenvalue weighted by Crippen LogP contribution is 2.07. The van der Waals surface area contributed by atoms with E-state index in [1.165, 1.54) is 11.1 Å². The van der Waals surface area contributed by atoms with E-state index in [9.17, 15) is 4.79 Å². The molecular weight excluding hydrogens is 262 g/mol. The van der Waals surface area contributed by atoms with Crippen LogP contribution in [-0.4, -0.2) is 17.1 Å². The van der Waals surface area contributed by atoms with Gasteiger partial charge in [0.05, 0.1) is 6.42 Å². The van der Waals surface area contributed by atoms with Crippen molar-refractivity contribution in [2.45, 2.75) is 32.4 Å². The molecule has 2 rings (SSSR count). The maximum absolute atomic E-state index is 10.6. The standard InChI is InChI=1S/C18H21NO2/c1-14(11-15-5-3-2-4-6-15)19-13-17-9-7-16(8-10-17)12-18(20)21/h2-10,14,19H,11-13H2,1H3,(H,20,21). The van der Waals surface area contributed by atoms with Crippen molar-refractivity contribution in [1.29, 1.82) is 0 Å². The molecule has 2 aromatic carbocycles. The van der Waals surface area contributed by atoms with Crippen LogP contribution in [0.2, 0.25) is 0 Å². The number of carbonyl (C=O) groups is 1. The van der Waals surface area contributed by atoms with Crippen LogP contribution in [0.5, 0.6) is 0 Å². The molecule has 0 heterocycles. The van der Waals surface area contributed by atoms with Crippen LogP contribution in [0.1, 0.15) is 23.6 Å². The highest BCUT2D eigenvalue weighted by atomic mass is 16.4. The lowest BCUT2D eigenvalue weighted by atomic mass is 10.1. The van der Waals surface area contributed by atoms with Crippen molar-refractivity contribution in [2.24, 2.45) is 0 Å². The molecule has 0 saturated heterocycles. The summed E-state index contributed by atoms with van der Waals surface area (Å²) in [5.74, 6) is -0.794. The minimum absolute atomic E-state index is 0.0815. The van der Waals surface area contributed by atoms with Gasteiger partial charge < -0.3 is 10.4 Å². The van der Waals surface area contributed by atoms with E-state index in [0.717, 1.165) is 18.5 Å². The van der Waals surface area contributed by atoms with Gasteiger partial charge in [0, 0.05) is 12.6 Å². The molecule has 0 aromatic heterocycles. The lowest BCUT2D eigenvalue weighted by Crippen LogP contribution is -2.27. The van der Waals surface area contributed by atoms with Crippen LogP contribution in [0.4, 0.5) is 0 Å². The molecular formula is C18H21NO2. The van der Waals surface area contributed by atoms with E-state index in [-0.39, 0.29) is 6.42 Å². The predicted octanol–water partition coefficient (Wildman–Crippen LogP) is 3.03. The second-order valence-electron chi connectivity index (χ2n) is 5.36. The Bertz CT molecular complexity index is 564. The topological polar surface area (TPSA) is 49.3 Å². The molecule has 110 valence electrons. The van der Waals surface area contributed by atoms with E-state index in [4.69, 9.17) is 5.11 Å². The summed E-state index contributed by atoms with van der Waals surface area (Å²) in [6.45, 7) is 2.97. The van der Waals surface area contributed by atoms with Crippen molar-refractivity contribution in [1.82, 2.24) is 5.32 Å². The fraction of sp³-hybridized carbons (Fsp3) is 0.278. The van der Waals surface area contributed by atoms with Crippen molar-refractivity contribution in [3.63, 3.8) is 0 Å². The SMILES string of the molecule is CC(Cc1ccccc1)NCc1ccc(CC(=O)O)cc1. The number of carboxylic acids is 1. The molecule has 2 aromatic rings. The molecule has 21 heavy (non-hydrogen) atoms. The second kappa shape index (κ2) is 7.60. The van der Waals surface area contributed by atoms with Crippen LogP contribution in [0.15, 0.2) is 54.6 Å². The average Bonchev–Trinajstić information content (AvgIpc) is 2.47. The van der Waals surface area contributed by atoms with E-state index in [2.05, 4.69) is 36.5 Å². The molecule has 2 N–H and O–H groups in total. The summed E-state index contributed by atoms with van der Waals surface area (Å²) in [5, 5.41) is 12.2. The fourth-order valence-electron chi connectivity index (χ4n) is 2.28. The minimum Gasteiger partial charge on any atom is -0.481 e. The van der Waals surface area contributed by atoms with E-state index >= 15 is 0 Å². The van der Waals surface area contributed by atoms with Gasteiger partial charge in [0.25, 0.3) is 0 Å². The third-order valence-electron chi connectivity index (χ3n) is 3.42. The molecule has 0 radical (unpaired) electrons. The number of benzene rings is 2. The van der Waals surface area contributed by atoms with E-state index in [0.29, 0.717) is 6.04 Å². The van der Waals surface area contributed by atoms with Crippen molar-refractivity contribution in [3.8, 4) is 0 Å². The maximum atomic E-state index is 10.6. The van der Waals surface area contributed by atoms with Gasteiger partial charge in [0.15, 0.2) is 0 Å². The molecule has 1 atom stereocenters. The summed E-state index contributed by atoms with van der Waals surface area (Å²) in [6, 6.07) is 18.6. The number of hydrogen-bond acceptors (Lipinski definition) is 2.